The lowest BCUT2D eigenvalue weighted by Gasteiger charge is -2.38. The second-order valence-electron chi connectivity index (χ2n) is 13.8. The van der Waals surface area contributed by atoms with E-state index in [2.05, 4.69) is 11.0 Å². The number of halogens is 2. The summed E-state index contributed by atoms with van der Waals surface area (Å²) in [6, 6.07) is 8.35. The number of alkyl halides is 2. The summed E-state index contributed by atoms with van der Waals surface area (Å²) >= 11 is 0. The normalized spacial score (nSPS) is 35.8. The van der Waals surface area contributed by atoms with Crippen LogP contribution >= 0.6 is 0 Å². The van der Waals surface area contributed by atoms with Crippen LogP contribution in [0.3, 0.4) is 0 Å². The molecule has 9 heteroatoms. The highest BCUT2D eigenvalue weighted by Gasteiger charge is 2.72. The van der Waals surface area contributed by atoms with Crippen molar-refractivity contribution in [2.75, 3.05) is 24.5 Å². The molecule has 0 spiro atoms. The molecule has 41 heavy (non-hydrogen) atoms. The highest BCUT2D eigenvalue weighted by atomic mass is 19.3. The van der Waals surface area contributed by atoms with E-state index in [1.807, 2.05) is 23.1 Å². The maximum atomic E-state index is 14.0. The molecule has 1 amide bonds. The summed E-state index contributed by atoms with van der Waals surface area (Å²) in [7, 11) is 0. The Kier molecular flexibility index (Phi) is 5.66. The maximum Gasteiger partial charge on any atom is 0.254 e. The number of aliphatic hydroxyl groups is 1. The predicted molar refractivity (Wildman–Crippen MR) is 148 cm³/mol. The van der Waals surface area contributed by atoms with Crippen LogP contribution in [0.5, 0.6) is 11.8 Å². The fourth-order valence-corrected chi connectivity index (χ4v) is 9.59. The average molecular weight is 568 g/mol. The van der Waals surface area contributed by atoms with Crippen LogP contribution in [0, 0.1) is 17.8 Å². The molecule has 0 radical (unpaired) electrons. The molecule has 3 saturated carbocycles. The van der Waals surface area contributed by atoms with Gasteiger partial charge in [0.05, 0.1) is 17.9 Å². The smallest absolute Gasteiger partial charge is 0.254 e. The molecule has 4 fully saturated rings. The summed E-state index contributed by atoms with van der Waals surface area (Å²) in [6.07, 6.45) is 6.10. The molecule has 1 aromatic heterocycles. The molecule has 1 saturated heterocycles. The average Bonchev–Trinajstić information content (AvgIpc) is 3.46. The number of aromatic hydroxyl groups is 2. The zero-order valence-electron chi connectivity index (χ0n) is 23.3. The molecular formula is C32H39F2N3O4. The Bertz CT molecular complexity index is 1400. The molecule has 3 N–H and O–H groups in total. The van der Waals surface area contributed by atoms with Gasteiger partial charge in [-0.15, -0.1) is 0 Å². The first-order chi connectivity index (χ1) is 19.7. The first-order valence-corrected chi connectivity index (χ1v) is 15.5. The minimum Gasteiger partial charge on any atom is -0.494 e. The van der Waals surface area contributed by atoms with Crippen molar-refractivity contribution in [3.63, 3.8) is 0 Å². The van der Waals surface area contributed by atoms with Gasteiger partial charge in [0.1, 0.15) is 0 Å². The summed E-state index contributed by atoms with van der Waals surface area (Å²) in [5.74, 6) is -3.63. The van der Waals surface area contributed by atoms with E-state index < -0.39 is 23.4 Å². The van der Waals surface area contributed by atoms with E-state index in [0.29, 0.717) is 42.3 Å². The molecule has 6 unspecified atom stereocenters. The monoisotopic (exact) mass is 567 g/mol. The number of hydrogen-bond donors (Lipinski definition) is 3. The van der Waals surface area contributed by atoms with E-state index in [1.165, 1.54) is 0 Å². The molecule has 6 aliphatic rings. The van der Waals surface area contributed by atoms with Gasteiger partial charge in [0.25, 0.3) is 5.92 Å². The zero-order valence-corrected chi connectivity index (χ0v) is 23.3. The van der Waals surface area contributed by atoms with Gasteiger partial charge in [0.15, 0.2) is 11.8 Å². The summed E-state index contributed by atoms with van der Waals surface area (Å²) in [5.41, 5.74) is 1.89. The number of carbonyl (C=O) groups excluding carboxylic acids is 1. The zero-order chi connectivity index (χ0) is 28.3. The van der Waals surface area contributed by atoms with Gasteiger partial charge in [-0.2, -0.15) is 0 Å². The Morgan fingerprint density at radius 3 is 2.34 bits per heavy atom. The Balaban J connectivity index is 0.934. The van der Waals surface area contributed by atoms with Crippen LogP contribution < -0.4 is 4.90 Å². The lowest BCUT2D eigenvalue weighted by molar-refractivity contribution is -0.118. The van der Waals surface area contributed by atoms with E-state index in [-0.39, 0.29) is 42.5 Å². The number of nitrogens with zero attached hydrogens (tertiary/aromatic N) is 3. The topological polar surface area (TPSA) is 89.2 Å². The van der Waals surface area contributed by atoms with E-state index in [1.54, 1.807) is 4.57 Å². The third-order valence-corrected chi connectivity index (χ3v) is 11.7. The number of benzene rings is 1. The van der Waals surface area contributed by atoms with Crippen molar-refractivity contribution in [2.24, 2.45) is 17.8 Å². The van der Waals surface area contributed by atoms with Crippen molar-refractivity contribution in [3.8, 4) is 11.8 Å². The Hall–Kier alpha value is -2.65. The van der Waals surface area contributed by atoms with Crippen LogP contribution in [0.15, 0.2) is 24.3 Å². The molecule has 220 valence electrons. The Morgan fingerprint density at radius 1 is 0.927 bits per heavy atom. The van der Waals surface area contributed by atoms with Gasteiger partial charge in [0, 0.05) is 61.4 Å². The number of anilines is 1. The number of fused-ring (bicyclic) bond motifs is 6. The summed E-state index contributed by atoms with van der Waals surface area (Å²) in [5, 5.41) is 33.8. The molecule has 7 nitrogen and oxygen atoms in total. The first-order valence-electron chi connectivity index (χ1n) is 15.5. The summed E-state index contributed by atoms with van der Waals surface area (Å²) < 4.78 is 29.5. The van der Waals surface area contributed by atoms with Crippen LogP contribution in [0.4, 0.5) is 14.5 Å². The fourth-order valence-electron chi connectivity index (χ4n) is 9.59. The van der Waals surface area contributed by atoms with Crippen molar-refractivity contribution in [3.05, 3.63) is 41.0 Å². The van der Waals surface area contributed by atoms with Crippen LogP contribution in [0.2, 0.25) is 0 Å². The molecule has 6 atom stereocenters. The maximum absolute atomic E-state index is 14.0. The summed E-state index contributed by atoms with van der Waals surface area (Å²) in [6.45, 7) is 3.36. The van der Waals surface area contributed by atoms with E-state index in [9.17, 15) is 28.9 Å². The molecule has 8 rings (SSSR count). The Morgan fingerprint density at radius 2 is 1.61 bits per heavy atom. The molecule has 2 aliphatic heterocycles. The van der Waals surface area contributed by atoms with Gasteiger partial charge >= 0.3 is 0 Å². The van der Waals surface area contributed by atoms with Crippen LogP contribution in [0.25, 0.3) is 0 Å². The summed E-state index contributed by atoms with van der Waals surface area (Å²) in [4.78, 5) is 17.3. The minimum absolute atomic E-state index is 0.0332. The molecule has 1 aromatic carbocycles. The van der Waals surface area contributed by atoms with Crippen molar-refractivity contribution >= 4 is 11.6 Å². The van der Waals surface area contributed by atoms with Gasteiger partial charge in [-0.1, -0.05) is 24.6 Å². The molecule has 2 aromatic rings. The first kappa shape index (κ1) is 26.0. The lowest BCUT2D eigenvalue weighted by Crippen LogP contribution is -2.47. The standard InChI is InChI=1S/C32H39F2N3O4/c33-32(34)15-25(32)31(41)14-21-12-23(31)28-27(21)29(39)36(30(28)40)17-20-6-3-5-19(20)16-35-10-8-22(9-11-35)37-24-7-2-1-4-18(24)13-26(37)38/h1-2,4,7,19-23,25,39-41H,3,5-6,8-17H2. The van der Waals surface area contributed by atoms with Gasteiger partial charge < -0.3 is 25.1 Å². The molecular weight excluding hydrogens is 528 g/mol. The predicted octanol–water partition coefficient (Wildman–Crippen LogP) is 4.73. The number of piperidine rings is 1. The number of likely N-dealkylation sites (tertiary alicyclic amines) is 1. The SMILES string of the molecule is O=C1Cc2ccccc2N1C1CCN(CC2CCCC2Cn2c(O)c3c(c2O)C2CC3CC2(O)C2CC2(F)F)CC1. The molecule has 2 bridgehead atoms. The van der Waals surface area contributed by atoms with Gasteiger partial charge in [-0.25, -0.2) is 8.78 Å². The second-order valence-corrected chi connectivity index (χ2v) is 13.8. The highest BCUT2D eigenvalue weighted by molar-refractivity contribution is 6.01. The number of hydrogen-bond acceptors (Lipinski definition) is 5. The molecule has 4 aliphatic carbocycles. The van der Waals surface area contributed by atoms with E-state index in [4.69, 9.17) is 0 Å². The second kappa shape index (κ2) is 8.93. The number of aromatic nitrogens is 1. The number of rotatable bonds is 6. The van der Waals surface area contributed by atoms with Gasteiger partial charge in [0.2, 0.25) is 5.91 Å². The van der Waals surface area contributed by atoms with E-state index in [0.717, 1.165) is 63.0 Å². The lowest BCUT2D eigenvalue weighted by atomic mass is 9.78. The fraction of sp³-hybridized carbons (Fsp3) is 0.656. The van der Waals surface area contributed by atoms with Crippen molar-refractivity contribution in [1.29, 1.82) is 0 Å². The largest absolute Gasteiger partial charge is 0.494 e. The number of para-hydroxylation sites is 1. The number of amides is 1. The third-order valence-electron chi connectivity index (χ3n) is 11.7. The van der Waals surface area contributed by atoms with Crippen molar-refractivity contribution < 1.29 is 28.9 Å². The van der Waals surface area contributed by atoms with Crippen LogP contribution in [-0.4, -0.2) is 67.9 Å². The Labute approximate surface area is 238 Å². The van der Waals surface area contributed by atoms with E-state index >= 15 is 0 Å². The van der Waals surface area contributed by atoms with Crippen LogP contribution in [-0.2, 0) is 17.8 Å². The quantitative estimate of drug-likeness (QED) is 0.470. The molecule has 3 heterocycles. The van der Waals surface area contributed by atoms with Crippen LogP contribution in [0.1, 0.15) is 79.9 Å². The van der Waals surface area contributed by atoms with Gasteiger partial charge in [-0.3, -0.25) is 9.36 Å². The van der Waals surface area contributed by atoms with Crippen molar-refractivity contribution in [2.45, 2.75) is 93.7 Å². The van der Waals surface area contributed by atoms with Crippen molar-refractivity contribution in [1.82, 2.24) is 9.47 Å². The highest BCUT2D eigenvalue weighted by Crippen LogP contribution is 2.71. The minimum atomic E-state index is -2.83. The van der Waals surface area contributed by atoms with Gasteiger partial charge in [-0.05, 0) is 67.9 Å². The third kappa shape index (κ3) is 3.83. The number of carbonyl (C=O) groups is 1.